The number of hydrogen-bond acceptors (Lipinski definition) is 10. The van der Waals surface area contributed by atoms with E-state index < -0.39 is 30.4 Å². The van der Waals surface area contributed by atoms with Crippen molar-refractivity contribution in [2.45, 2.75) is 75.9 Å². The van der Waals surface area contributed by atoms with Crippen LogP contribution in [-0.4, -0.2) is 81.0 Å². The zero-order valence-corrected chi connectivity index (χ0v) is 20.0. The Bertz CT molecular complexity index is 556. The molecule has 0 aromatic heterocycles. The van der Waals surface area contributed by atoms with Crippen molar-refractivity contribution in [3.05, 3.63) is 0 Å². The third kappa shape index (κ3) is 19.1. The Labute approximate surface area is 201 Å². The molecule has 0 rings (SSSR count). The molecule has 11 N–H and O–H groups in total. The summed E-state index contributed by atoms with van der Waals surface area (Å²) in [5.74, 6) is 0. The Morgan fingerprint density at radius 1 is 0.647 bits per heavy atom. The first-order valence-electron chi connectivity index (χ1n) is 11.9. The third-order valence-corrected chi connectivity index (χ3v) is 4.94. The van der Waals surface area contributed by atoms with E-state index >= 15 is 0 Å². The van der Waals surface area contributed by atoms with Crippen LogP contribution in [0.3, 0.4) is 0 Å². The third-order valence-electron chi connectivity index (χ3n) is 4.94. The molecule has 0 aromatic carbocycles. The van der Waals surface area contributed by atoms with E-state index in [1.807, 2.05) is 0 Å². The highest BCUT2D eigenvalue weighted by molar-refractivity contribution is 5.69. The van der Waals surface area contributed by atoms with Gasteiger partial charge in [0.05, 0.1) is 12.1 Å². The van der Waals surface area contributed by atoms with Gasteiger partial charge in [0.1, 0.15) is 19.8 Å². The Kier molecular flexibility index (Phi) is 19.7. The maximum atomic E-state index is 12.2. The van der Waals surface area contributed by atoms with E-state index in [-0.39, 0.29) is 25.9 Å². The molecule has 0 aromatic rings. The van der Waals surface area contributed by atoms with Crippen LogP contribution >= 0.6 is 0 Å². The first-order valence-corrected chi connectivity index (χ1v) is 11.9. The second-order valence-corrected chi connectivity index (χ2v) is 8.07. The van der Waals surface area contributed by atoms with Crippen LogP contribution in [0.5, 0.6) is 0 Å². The molecule has 2 amide bonds. The fraction of sp³-hybridized carbons (Fsp3) is 0.857. The number of alkyl carbamates (subject to hydrolysis) is 2. The molecule has 0 aliphatic heterocycles. The van der Waals surface area contributed by atoms with E-state index in [0.717, 1.165) is 32.1 Å². The standard InChI is InChI=1S/C21H44N6O7/c22-10-4-1-7-16(25)13-32-19(28)26-17(8-2-5-11-23)14-33-20(29)27-18(9-3-6-12-24)15-34-21(30)31/h16-18H,1-15,22-25H2,(H,26,28)(H,27,29)(H,30,31)/t16-,17+,18-/m0/s1. The molecule has 3 atom stereocenters. The number of amides is 2. The van der Waals surface area contributed by atoms with Crippen LogP contribution in [-0.2, 0) is 14.2 Å². The Morgan fingerprint density at radius 2 is 1.06 bits per heavy atom. The Morgan fingerprint density at radius 3 is 1.50 bits per heavy atom. The largest absolute Gasteiger partial charge is 0.505 e. The fourth-order valence-electron chi connectivity index (χ4n) is 3.05. The van der Waals surface area contributed by atoms with Gasteiger partial charge in [0.15, 0.2) is 0 Å². The summed E-state index contributed by atoms with van der Waals surface area (Å²) in [6.45, 7) is 1.36. The predicted octanol–water partition coefficient (Wildman–Crippen LogP) is 0.585. The molecule has 0 spiro atoms. The zero-order valence-electron chi connectivity index (χ0n) is 20.0. The van der Waals surface area contributed by atoms with Crippen LogP contribution in [0.2, 0.25) is 0 Å². The van der Waals surface area contributed by atoms with Crippen LogP contribution in [0.4, 0.5) is 14.4 Å². The summed E-state index contributed by atoms with van der Waals surface area (Å²) in [6.07, 6.45) is 3.50. The lowest BCUT2D eigenvalue weighted by atomic mass is 10.1. The summed E-state index contributed by atoms with van der Waals surface area (Å²) in [4.78, 5) is 35.1. The van der Waals surface area contributed by atoms with Gasteiger partial charge in [-0.3, -0.25) is 0 Å². The van der Waals surface area contributed by atoms with Gasteiger partial charge >= 0.3 is 18.3 Å². The normalized spacial score (nSPS) is 13.4. The summed E-state index contributed by atoms with van der Waals surface area (Å²) in [5, 5.41) is 14.0. The molecular formula is C21H44N6O7. The van der Waals surface area contributed by atoms with Gasteiger partial charge in [0.2, 0.25) is 0 Å². The molecule has 0 radical (unpaired) electrons. The predicted molar refractivity (Wildman–Crippen MR) is 127 cm³/mol. The van der Waals surface area contributed by atoms with E-state index in [9.17, 15) is 14.4 Å². The number of rotatable bonds is 20. The van der Waals surface area contributed by atoms with Crippen molar-refractivity contribution in [1.29, 1.82) is 0 Å². The number of carbonyl (C=O) groups excluding carboxylic acids is 2. The molecule has 0 fully saturated rings. The smallest absolute Gasteiger partial charge is 0.450 e. The quantitative estimate of drug-likeness (QED) is 0.0706. The number of nitrogens with one attached hydrogen (secondary N) is 2. The van der Waals surface area contributed by atoms with Gasteiger partial charge in [-0.15, -0.1) is 0 Å². The van der Waals surface area contributed by atoms with E-state index in [1.54, 1.807) is 0 Å². The maximum absolute atomic E-state index is 12.2. The first-order chi connectivity index (χ1) is 16.3. The zero-order chi connectivity index (χ0) is 25.6. The molecule has 0 aliphatic rings. The van der Waals surface area contributed by atoms with Gasteiger partial charge in [0.25, 0.3) is 0 Å². The first kappa shape index (κ1) is 31.6. The minimum absolute atomic E-state index is 0.0708. The summed E-state index contributed by atoms with van der Waals surface area (Å²) < 4.78 is 15.0. The second-order valence-electron chi connectivity index (χ2n) is 8.07. The van der Waals surface area contributed by atoms with Crippen LogP contribution in [0.15, 0.2) is 0 Å². The van der Waals surface area contributed by atoms with Crippen molar-refractivity contribution in [3.63, 3.8) is 0 Å². The lowest BCUT2D eigenvalue weighted by Gasteiger charge is -2.21. The van der Waals surface area contributed by atoms with Crippen LogP contribution < -0.4 is 33.6 Å². The number of hydrogen-bond donors (Lipinski definition) is 7. The number of nitrogens with two attached hydrogens (primary N) is 4. The van der Waals surface area contributed by atoms with Crippen molar-refractivity contribution < 1.29 is 33.7 Å². The summed E-state index contributed by atoms with van der Waals surface area (Å²) in [7, 11) is 0. The number of ether oxygens (including phenoxy) is 3. The maximum Gasteiger partial charge on any atom is 0.505 e. The highest BCUT2D eigenvalue weighted by Gasteiger charge is 2.19. The van der Waals surface area contributed by atoms with E-state index in [2.05, 4.69) is 15.4 Å². The Hall–Kier alpha value is -2.35. The van der Waals surface area contributed by atoms with Gasteiger partial charge in [-0.05, 0) is 58.2 Å². The molecule has 13 heteroatoms. The van der Waals surface area contributed by atoms with E-state index in [0.29, 0.717) is 45.3 Å². The van der Waals surface area contributed by atoms with Gasteiger partial charge < -0.3 is 52.9 Å². The molecule has 0 saturated heterocycles. The average Bonchev–Trinajstić information content (AvgIpc) is 2.79. The summed E-state index contributed by atoms with van der Waals surface area (Å²) in [5.41, 5.74) is 22.4. The van der Waals surface area contributed by atoms with E-state index in [1.165, 1.54) is 0 Å². The minimum Gasteiger partial charge on any atom is -0.450 e. The van der Waals surface area contributed by atoms with Crippen molar-refractivity contribution in [3.8, 4) is 0 Å². The number of carboxylic acid groups (broad SMARTS) is 1. The van der Waals surface area contributed by atoms with Crippen molar-refractivity contribution in [2.75, 3.05) is 39.5 Å². The molecule has 0 saturated carbocycles. The van der Waals surface area contributed by atoms with Gasteiger partial charge in [-0.1, -0.05) is 19.3 Å². The summed E-state index contributed by atoms with van der Waals surface area (Å²) in [6, 6.07) is -1.31. The van der Waals surface area contributed by atoms with Crippen molar-refractivity contribution >= 4 is 18.3 Å². The lowest BCUT2D eigenvalue weighted by molar-refractivity contribution is 0.0762. The monoisotopic (exact) mass is 492 g/mol. The number of unbranched alkanes of at least 4 members (excludes halogenated alkanes) is 3. The molecule has 0 unspecified atom stereocenters. The van der Waals surface area contributed by atoms with E-state index in [4.69, 9.17) is 37.5 Å². The van der Waals surface area contributed by atoms with Crippen LogP contribution in [0.25, 0.3) is 0 Å². The molecule has 34 heavy (non-hydrogen) atoms. The molecular weight excluding hydrogens is 448 g/mol. The average molecular weight is 493 g/mol. The molecule has 200 valence electrons. The second kappa shape index (κ2) is 21.2. The SMILES string of the molecule is NCCCC[C@H](N)COC(=O)N[C@H](CCCCN)COC(=O)N[C@@H](CCCCN)COC(=O)O. The minimum atomic E-state index is -1.43. The van der Waals surface area contributed by atoms with Gasteiger partial charge in [-0.25, -0.2) is 14.4 Å². The number of carbonyl (C=O) groups is 3. The van der Waals surface area contributed by atoms with Gasteiger partial charge in [-0.2, -0.15) is 0 Å². The topological polar surface area (TPSA) is 227 Å². The molecule has 0 bridgehead atoms. The highest BCUT2D eigenvalue weighted by atomic mass is 16.7. The molecule has 0 heterocycles. The van der Waals surface area contributed by atoms with Crippen LogP contribution in [0, 0.1) is 0 Å². The lowest BCUT2D eigenvalue weighted by Crippen LogP contribution is -2.43. The van der Waals surface area contributed by atoms with Crippen molar-refractivity contribution in [2.24, 2.45) is 22.9 Å². The molecule has 13 nitrogen and oxygen atoms in total. The summed E-state index contributed by atoms with van der Waals surface area (Å²) >= 11 is 0. The van der Waals surface area contributed by atoms with Gasteiger partial charge in [0, 0.05) is 6.04 Å². The van der Waals surface area contributed by atoms with Crippen LogP contribution in [0.1, 0.15) is 57.8 Å². The molecule has 0 aliphatic carbocycles. The highest BCUT2D eigenvalue weighted by Crippen LogP contribution is 2.05. The Balaban J connectivity index is 4.61. The van der Waals surface area contributed by atoms with Crippen molar-refractivity contribution in [1.82, 2.24) is 10.6 Å². The fourth-order valence-corrected chi connectivity index (χ4v) is 3.05.